The van der Waals surface area contributed by atoms with Crippen molar-refractivity contribution < 1.29 is 33.0 Å². The zero-order valence-electron chi connectivity index (χ0n) is 16.0. The normalized spacial score (nSPS) is 13.7. The summed E-state index contributed by atoms with van der Waals surface area (Å²) in [6.07, 6.45) is 1.04. The van der Waals surface area contributed by atoms with E-state index in [0.29, 0.717) is 11.3 Å². The smallest absolute Gasteiger partial charge is 0.312 e. The number of phenolic OH excluding ortho intramolecular Hbond substituents is 1. The molecule has 2 aromatic rings. The molecule has 30 heavy (non-hydrogen) atoms. The first-order chi connectivity index (χ1) is 14.0. The Labute approximate surface area is 178 Å². The number of hydrogen-bond acceptors (Lipinski definition) is 6. The molecule has 1 aliphatic carbocycles. The van der Waals surface area contributed by atoms with Gasteiger partial charge >= 0.3 is 5.97 Å². The van der Waals surface area contributed by atoms with Gasteiger partial charge in [0.15, 0.2) is 9.84 Å². The molecule has 0 atom stereocenters. The topological polar surface area (TPSA) is 130 Å². The third-order valence-corrected chi connectivity index (χ3v) is 6.65. The van der Waals surface area contributed by atoms with Crippen LogP contribution in [0.15, 0.2) is 35.2 Å². The van der Waals surface area contributed by atoms with Crippen LogP contribution in [0, 0.1) is 12.8 Å². The molecule has 3 N–H and O–H groups in total. The van der Waals surface area contributed by atoms with E-state index in [9.17, 15) is 23.1 Å². The first-order valence-electron chi connectivity index (χ1n) is 9.10. The highest BCUT2D eigenvalue weighted by Crippen LogP contribution is 2.39. The number of nitrogens with one attached hydrogen (secondary N) is 1. The number of phenols is 1. The number of carboxylic acids is 1. The van der Waals surface area contributed by atoms with Crippen LogP contribution in [0.1, 0.15) is 24.8 Å². The Kier molecular flexibility index (Phi) is 6.23. The molecule has 3 rings (SSSR count). The zero-order chi connectivity index (χ0) is 22.1. The molecule has 1 aliphatic rings. The van der Waals surface area contributed by atoms with Crippen LogP contribution in [0.25, 0.3) is 0 Å². The van der Waals surface area contributed by atoms with Crippen molar-refractivity contribution in [1.29, 1.82) is 0 Å². The van der Waals surface area contributed by atoms with Crippen molar-refractivity contribution in [3.05, 3.63) is 40.9 Å². The van der Waals surface area contributed by atoms with Crippen molar-refractivity contribution in [3.63, 3.8) is 0 Å². The van der Waals surface area contributed by atoms with E-state index in [-0.39, 0.29) is 38.8 Å². The second-order valence-corrected chi connectivity index (χ2v) is 9.59. The second-order valence-electron chi connectivity index (χ2n) is 7.18. The van der Waals surface area contributed by atoms with Crippen LogP contribution in [0.4, 0.5) is 5.69 Å². The molecule has 0 bridgehead atoms. The SMILES string of the molecule is Cc1cc(NC(=O)CC(=O)O)cc(Cl)c1Oc1ccc(O)c(S(=O)(=O)CC2CC2)c1. The molecule has 0 aromatic heterocycles. The van der Waals surface area contributed by atoms with E-state index in [1.165, 1.54) is 24.3 Å². The maximum Gasteiger partial charge on any atom is 0.312 e. The number of aryl methyl sites for hydroxylation is 1. The number of carbonyl (C=O) groups excluding carboxylic acids is 1. The van der Waals surface area contributed by atoms with Gasteiger partial charge < -0.3 is 20.3 Å². The maximum absolute atomic E-state index is 12.5. The summed E-state index contributed by atoms with van der Waals surface area (Å²) >= 11 is 6.25. The van der Waals surface area contributed by atoms with Crippen LogP contribution in [0.2, 0.25) is 5.02 Å². The molecule has 1 fully saturated rings. The molecule has 160 valence electrons. The van der Waals surface area contributed by atoms with Gasteiger partial charge in [0, 0.05) is 11.8 Å². The van der Waals surface area contributed by atoms with Gasteiger partial charge in [-0.3, -0.25) is 9.59 Å². The standard InChI is InChI=1S/C20H20ClNO7S/c1-11-6-13(22-18(24)9-19(25)26)7-15(21)20(11)29-14-4-5-16(23)17(8-14)30(27,28)10-12-2-3-12/h4-8,12,23H,2-3,9-10H2,1H3,(H,22,24)(H,25,26). The minimum atomic E-state index is -3.65. The highest BCUT2D eigenvalue weighted by atomic mass is 35.5. The number of anilines is 1. The number of rotatable bonds is 8. The molecule has 0 heterocycles. The monoisotopic (exact) mass is 453 g/mol. The lowest BCUT2D eigenvalue weighted by molar-refractivity contribution is -0.139. The van der Waals surface area contributed by atoms with Gasteiger partial charge in [-0.1, -0.05) is 11.6 Å². The molecule has 1 saturated carbocycles. The van der Waals surface area contributed by atoms with Gasteiger partial charge in [-0.15, -0.1) is 0 Å². The Morgan fingerprint density at radius 3 is 2.53 bits per heavy atom. The fourth-order valence-corrected chi connectivity index (χ4v) is 5.01. The zero-order valence-corrected chi connectivity index (χ0v) is 17.6. The van der Waals surface area contributed by atoms with Gasteiger partial charge in [0.05, 0.1) is 10.8 Å². The summed E-state index contributed by atoms with van der Waals surface area (Å²) in [5.41, 5.74) is 0.832. The van der Waals surface area contributed by atoms with E-state index in [4.69, 9.17) is 21.4 Å². The van der Waals surface area contributed by atoms with Crippen LogP contribution in [-0.4, -0.2) is 36.3 Å². The first-order valence-corrected chi connectivity index (χ1v) is 11.1. The predicted octanol–water partition coefficient (Wildman–Crippen LogP) is 3.74. The van der Waals surface area contributed by atoms with Crippen molar-refractivity contribution in [2.75, 3.05) is 11.1 Å². The third kappa shape index (κ3) is 5.43. The summed E-state index contributed by atoms with van der Waals surface area (Å²) < 4.78 is 30.8. The molecule has 10 heteroatoms. The lowest BCUT2D eigenvalue weighted by Crippen LogP contribution is -2.16. The van der Waals surface area contributed by atoms with Gasteiger partial charge in [0.25, 0.3) is 0 Å². The molecule has 0 spiro atoms. The Morgan fingerprint density at radius 1 is 1.23 bits per heavy atom. The maximum atomic E-state index is 12.5. The molecular weight excluding hydrogens is 434 g/mol. The van der Waals surface area contributed by atoms with Crippen molar-refractivity contribution >= 4 is 39.0 Å². The van der Waals surface area contributed by atoms with E-state index in [0.717, 1.165) is 12.8 Å². The van der Waals surface area contributed by atoms with E-state index < -0.39 is 28.1 Å². The minimum Gasteiger partial charge on any atom is -0.507 e. The molecule has 8 nitrogen and oxygen atoms in total. The molecule has 2 aromatic carbocycles. The Bertz CT molecular complexity index is 1090. The summed E-state index contributed by atoms with van der Waals surface area (Å²) in [6, 6.07) is 6.87. The van der Waals surface area contributed by atoms with Gasteiger partial charge in [-0.25, -0.2) is 8.42 Å². The average molecular weight is 454 g/mol. The van der Waals surface area contributed by atoms with Crippen LogP contribution in [0.3, 0.4) is 0 Å². The van der Waals surface area contributed by atoms with Gasteiger partial charge in [0.1, 0.15) is 28.6 Å². The summed E-state index contributed by atoms with van der Waals surface area (Å²) in [7, 11) is -3.65. The Balaban J connectivity index is 1.83. The Hall–Kier alpha value is -2.78. The number of ether oxygens (including phenoxy) is 1. The number of carbonyl (C=O) groups is 2. The lowest BCUT2D eigenvalue weighted by Gasteiger charge is -2.14. The highest BCUT2D eigenvalue weighted by Gasteiger charge is 2.31. The molecule has 0 radical (unpaired) electrons. The summed E-state index contributed by atoms with van der Waals surface area (Å²) in [4.78, 5) is 22.0. The fourth-order valence-electron chi connectivity index (χ4n) is 2.88. The molecule has 0 unspecified atom stereocenters. The van der Waals surface area contributed by atoms with Crippen LogP contribution >= 0.6 is 11.6 Å². The van der Waals surface area contributed by atoms with E-state index in [2.05, 4.69) is 5.32 Å². The fraction of sp³-hybridized carbons (Fsp3) is 0.300. The van der Waals surface area contributed by atoms with E-state index >= 15 is 0 Å². The van der Waals surface area contributed by atoms with Crippen molar-refractivity contribution in [2.45, 2.75) is 31.1 Å². The van der Waals surface area contributed by atoms with Gasteiger partial charge in [-0.05, 0) is 55.5 Å². The number of carboxylic acid groups (broad SMARTS) is 1. The highest BCUT2D eigenvalue weighted by molar-refractivity contribution is 7.91. The number of halogens is 1. The quantitative estimate of drug-likeness (QED) is 0.519. The number of benzene rings is 2. The Morgan fingerprint density at radius 2 is 1.93 bits per heavy atom. The third-order valence-electron chi connectivity index (χ3n) is 4.46. The number of aliphatic carboxylic acids is 1. The van der Waals surface area contributed by atoms with Gasteiger partial charge in [-0.2, -0.15) is 0 Å². The number of amides is 1. The van der Waals surface area contributed by atoms with E-state index in [1.54, 1.807) is 13.0 Å². The van der Waals surface area contributed by atoms with E-state index in [1.807, 2.05) is 0 Å². The minimum absolute atomic E-state index is 0.0193. The summed E-state index contributed by atoms with van der Waals surface area (Å²) in [5.74, 6) is -1.78. The van der Waals surface area contributed by atoms with Crippen molar-refractivity contribution in [1.82, 2.24) is 0 Å². The van der Waals surface area contributed by atoms with Crippen LogP contribution in [0.5, 0.6) is 17.2 Å². The lowest BCUT2D eigenvalue weighted by atomic mass is 10.2. The second kappa shape index (κ2) is 8.53. The molecular formula is C20H20ClNO7S. The first kappa shape index (κ1) is 21.9. The van der Waals surface area contributed by atoms with Crippen LogP contribution < -0.4 is 10.1 Å². The van der Waals surface area contributed by atoms with Gasteiger partial charge in [0.2, 0.25) is 5.91 Å². The number of hydrogen-bond donors (Lipinski definition) is 3. The van der Waals surface area contributed by atoms with Crippen LogP contribution in [-0.2, 0) is 19.4 Å². The van der Waals surface area contributed by atoms with Crippen molar-refractivity contribution in [3.8, 4) is 17.2 Å². The summed E-state index contributed by atoms with van der Waals surface area (Å²) in [5, 5.41) is 21.3. The molecule has 1 amide bonds. The predicted molar refractivity (Wildman–Crippen MR) is 110 cm³/mol. The molecule has 0 saturated heterocycles. The largest absolute Gasteiger partial charge is 0.507 e. The number of aromatic hydroxyl groups is 1. The van der Waals surface area contributed by atoms with Crippen molar-refractivity contribution in [2.24, 2.45) is 5.92 Å². The average Bonchev–Trinajstić information content (AvgIpc) is 3.41. The number of sulfone groups is 1. The summed E-state index contributed by atoms with van der Waals surface area (Å²) in [6.45, 7) is 1.67. The molecule has 0 aliphatic heterocycles.